The summed E-state index contributed by atoms with van der Waals surface area (Å²) in [4.78, 5) is 31.6. The van der Waals surface area contributed by atoms with E-state index in [0.29, 0.717) is 32.5 Å². The number of carbonyl (C=O) groups is 2. The van der Waals surface area contributed by atoms with E-state index in [1.54, 1.807) is 4.68 Å². The normalized spacial score (nSPS) is 19.7. The topological polar surface area (TPSA) is 80.1 Å². The Balaban J connectivity index is 1.73. The third-order valence-corrected chi connectivity index (χ3v) is 5.39. The Morgan fingerprint density at radius 2 is 1.93 bits per heavy atom. The van der Waals surface area contributed by atoms with E-state index >= 15 is 0 Å². The van der Waals surface area contributed by atoms with E-state index in [9.17, 15) is 9.59 Å². The molecule has 1 saturated heterocycles. The molecular formula is C21H29N5O2. The molecule has 2 amide bonds. The van der Waals surface area contributed by atoms with Gasteiger partial charge >= 0.3 is 0 Å². The van der Waals surface area contributed by atoms with Crippen molar-refractivity contribution in [3.8, 4) is 0 Å². The van der Waals surface area contributed by atoms with Crippen LogP contribution in [0.4, 0.5) is 0 Å². The third kappa shape index (κ3) is 4.24. The molecule has 7 heteroatoms. The Bertz CT molecular complexity index is 843. The first-order valence-corrected chi connectivity index (χ1v) is 9.92. The molecule has 2 aromatic rings. The van der Waals surface area contributed by atoms with Gasteiger partial charge in [0.05, 0.1) is 18.5 Å². The number of rotatable bonds is 6. The van der Waals surface area contributed by atoms with Crippen molar-refractivity contribution in [2.45, 2.75) is 53.1 Å². The second kappa shape index (κ2) is 8.54. The van der Waals surface area contributed by atoms with Crippen molar-refractivity contribution in [3.63, 3.8) is 0 Å². The van der Waals surface area contributed by atoms with E-state index in [1.807, 2.05) is 56.9 Å². The lowest BCUT2D eigenvalue weighted by atomic mass is 9.83. The molecule has 2 atom stereocenters. The molecule has 1 aromatic carbocycles. The highest BCUT2D eigenvalue weighted by atomic mass is 16.2. The number of likely N-dealkylation sites (tertiary alicyclic amines) is 1. The van der Waals surface area contributed by atoms with Gasteiger partial charge in [-0.1, -0.05) is 29.8 Å². The number of aryl methyl sites for hydroxylation is 3. The van der Waals surface area contributed by atoms with Gasteiger partial charge in [-0.05, 0) is 39.7 Å². The number of nitrogens with zero attached hydrogens (tertiary/aromatic N) is 4. The Morgan fingerprint density at radius 3 is 2.54 bits per heavy atom. The van der Waals surface area contributed by atoms with Crippen LogP contribution < -0.4 is 5.32 Å². The number of benzene rings is 1. The molecule has 0 bridgehead atoms. The van der Waals surface area contributed by atoms with E-state index in [-0.39, 0.29) is 23.8 Å². The molecule has 3 rings (SSSR count). The van der Waals surface area contributed by atoms with Crippen molar-refractivity contribution in [1.82, 2.24) is 25.0 Å². The van der Waals surface area contributed by atoms with Crippen molar-refractivity contribution in [2.75, 3.05) is 13.1 Å². The minimum atomic E-state index is -0.251. The summed E-state index contributed by atoms with van der Waals surface area (Å²) in [6.45, 7) is 9.42. The summed E-state index contributed by atoms with van der Waals surface area (Å²) >= 11 is 0. The fourth-order valence-electron chi connectivity index (χ4n) is 3.97. The predicted molar refractivity (Wildman–Crippen MR) is 107 cm³/mol. The van der Waals surface area contributed by atoms with Crippen LogP contribution in [0.1, 0.15) is 48.6 Å². The summed E-state index contributed by atoms with van der Waals surface area (Å²) in [6, 6.07) is 7.91. The maximum Gasteiger partial charge on any atom is 0.225 e. The van der Waals surface area contributed by atoms with Crippen LogP contribution in [-0.2, 0) is 16.1 Å². The fourth-order valence-corrected chi connectivity index (χ4v) is 3.97. The van der Waals surface area contributed by atoms with Crippen LogP contribution in [0.25, 0.3) is 0 Å². The predicted octanol–water partition coefficient (Wildman–Crippen LogP) is 2.32. The van der Waals surface area contributed by atoms with Gasteiger partial charge in [-0.2, -0.15) is 5.10 Å². The summed E-state index contributed by atoms with van der Waals surface area (Å²) in [5.74, 6) is 1.42. The SMILES string of the molecule is CCN1C(=O)CC[C@@H](C(=O)NCCn2nc(C)nc2C)[C@@H]1c1ccc(C)cc1. The van der Waals surface area contributed by atoms with Crippen LogP contribution in [0.5, 0.6) is 0 Å². The van der Waals surface area contributed by atoms with Crippen molar-refractivity contribution in [2.24, 2.45) is 5.92 Å². The molecule has 150 valence electrons. The lowest BCUT2D eigenvalue weighted by Crippen LogP contribution is -2.48. The molecule has 1 aliphatic heterocycles. The maximum absolute atomic E-state index is 13.0. The number of nitrogens with one attached hydrogen (secondary N) is 1. The average molecular weight is 383 g/mol. The number of hydrogen-bond donors (Lipinski definition) is 1. The van der Waals surface area contributed by atoms with Crippen molar-refractivity contribution >= 4 is 11.8 Å². The first-order valence-electron chi connectivity index (χ1n) is 9.92. The minimum Gasteiger partial charge on any atom is -0.354 e. The molecule has 1 N–H and O–H groups in total. The number of aromatic nitrogens is 3. The molecular weight excluding hydrogens is 354 g/mol. The van der Waals surface area contributed by atoms with Crippen LogP contribution in [-0.4, -0.2) is 44.6 Å². The number of piperidine rings is 1. The van der Waals surface area contributed by atoms with Gasteiger partial charge in [0, 0.05) is 19.5 Å². The summed E-state index contributed by atoms with van der Waals surface area (Å²) in [5, 5.41) is 7.37. The Morgan fingerprint density at radius 1 is 1.21 bits per heavy atom. The monoisotopic (exact) mass is 383 g/mol. The van der Waals surface area contributed by atoms with Gasteiger partial charge in [0.15, 0.2) is 0 Å². The van der Waals surface area contributed by atoms with E-state index in [0.717, 1.165) is 22.8 Å². The van der Waals surface area contributed by atoms with Crippen LogP contribution in [0.15, 0.2) is 24.3 Å². The van der Waals surface area contributed by atoms with Gasteiger partial charge in [0.2, 0.25) is 11.8 Å². The molecule has 0 spiro atoms. The van der Waals surface area contributed by atoms with E-state index in [2.05, 4.69) is 15.4 Å². The molecule has 0 aliphatic carbocycles. The fraction of sp³-hybridized carbons (Fsp3) is 0.524. The highest BCUT2D eigenvalue weighted by Gasteiger charge is 2.39. The van der Waals surface area contributed by atoms with Crippen molar-refractivity contribution in [1.29, 1.82) is 0 Å². The van der Waals surface area contributed by atoms with E-state index < -0.39 is 0 Å². The first-order chi connectivity index (χ1) is 13.4. The second-order valence-electron chi connectivity index (χ2n) is 7.40. The molecule has 0 saturated carbocycles. The zero-order chi connectivity index (χ0) is 20.3. The highest BCUT2D eigenvalue weighted by Crippen LogP contribution is 2.36. The smallest absolute Gasteiger partial charge is 0.225 e. The van der Waals surface area contributed by atoms with Crippen LogP contribution >= 0.6 is 0 Å². The zero-order valence-corrected chi connectivity index (χ0v) is 17.1. The lowest BCUT2D eigenvalue weighted by molar-refractivity contribution is -0.143. The highest BCUT2D eigenvalue weighted by molar-refractivity contribution is 5.85. The van der Waals surface area contributed by atoms with Gasteiger partial charge < -0.3 is 10.2 Å². The van der Waals surface area contributed by atoms with Gasteiger partial charge in [-0.25, -0.2) is 9.67 Å². The van der Waals surface area contributed by atoms with E-state index in [4.69, 9.17) is 0 Å². The number of hydrogen-bond acceptors (Lipinski definition) is 4. The Labute approximate surface area is 166 Å². The van der Waals surface area contributed by atoms with Crippen LogP contribution in [0, 0.1) is 26.7 Å². The van der Waals surface area contributed by atoms with Gasteiger partial charge in [0.1, 0.15) is 11.6 Å². The van der Waals surface area contributed by atoms with Crippen molar-refractivity contribution < 1.29 is 9.59 Å². The summed E-state index contributed by atoms with van der Waals surface area (Å²) in [7, 11) is 0. The molecule has 1 fully saturated rings. The standard InChI is InChI=1S/C21H29N5O2/c1-5-25-19(27)11-10-18(20(25)17-8-6-14(2)7-9-17)21(28)22-12-13-26-16(4)23-15(3)24-26/h6-9,18,20H,5,10-13H2,1-4H3,(H,22,28)/t18-,20+/m1/s1. The molecule has 0 radical (unpaired) electrons. The van der Waals surface area contributed by atoms with Gasteiger partial charge in [0.25, 0.3) is 0 Å². The van der Waals surface area contributed by atoms with Crippen LogP contribution in [0.3, 0.4) is 0 Å². The van der Waals surface area contributed by atoms with Gasteiger partial charge in [-0.3, -0.25) is 9.59 Å². The van der Waals surface area contributed by atoms with Crippen molar-refractivity contribution in [3.05, 3.63) is 47.0 Å². The van der Waals surface area contributed by atoms with Gasteiger partial charge in [-0.15, -0.1) is 0 Å². The maximum atomic E-state index is 13.0. The lowest BCUT2D eigenvalue weighted by Gasteiger charge is -2.40. The minimum absolute atomic E-state index is 0.00832. The largest absolute Gasteiger partial charge is 0.354 e. The quantitative estimate of drug-likeness (QED) is 0.830. The summed E-state index contributed by atoms with van der Waals surface area (Å²) < 4.78 is 1.80. The second-order valence-corrected chi connectivity index (χ2v) is 7.40. The van der Waals surface area contributed by atoms with E-state index in [1.165, 1.54) is 0 Å². The number of amides is 2. The molecule has 7 nitrogen and oxygen atoms in total. The number of carbonyl (C=O) groups excluding carboxylic acids is 2. The zero-order valence-electron chi connectivity index (χ0n) is 17.1. The molecule has 1 aromatic heterocycles. The molecule has 0 unspecified atom stereocenters. The molecule has 1 aliphatic rings. The van der Waals surface area contributed by atoms with Crippen LogP contribution in [0.2, 0.25) is 0 Å². The molecule has 28 heavy (non-hydrogen) atoms. The third-order valence-electron chi connectivity index (χ3n) is 5.39. The Kier molecular flexibility index (Phi) is 6.11. The summed E-state index contributed by atoms with van der Waals surface area (Å²) in [5.41, 5.74) is 2.18. The first kappa shape index (κ1) is 20.0. The summed E-state index contributed by atoms with van der Waals surface area (Å²) in [6.07, 6.45) is 0.983. The Hall–Kier alpha value is -2.70. The average Bonchev–Trinajstić information content (AvgIpc) is 2.99. The molecule has 2 heterocycles.